The minimum Gasteiger partial charge on any atom is -0.460 e. The highest BCUT2D eigenvalue weighted by Gasteiger charge is 2.50. The molecule has 9 heteroatoms. The minimum absolute atomic E-state index is 0.0143. The number of amides is 1. The van der Waals surface area contributed by atoms with Crippen molar-refractivity contribution in [2.24, 2.45) is 0 Å². The molecule has 1 saturated heterocycles. The van der Waals surface area contributed by atoms with Crippen LogP contribution < -0.4 is 5.43 Å². The number of hydrogen-bond acceptors (Lipinski definition) is 4. The van der Waals surface area contributed by atoms with Crippen molar-refractivity contribution in [1.29, 1.82) is 5.41 Å². The van der Waals surface area contributed by atoms with E-state index in [4.69, 9.17) is 5.41 Å². The van der Waals surface area contributed by atoms with Crippen LogP contribution in [-0.2, 0) is 14.3 Å². The monoisotopic (exact) mass is 267 g/mol. The van der Waals surface area contributed by atoms with Gasteiger partial charge in [-0.2, -0.15) is 13.2 Å². The molecule has 1 rings (SSSR count). The summed E-state index contributed by atoms with van der Waals surface area (Å²) in [5, 5.41) is 7.46. The summed E-state index contributed by atoms with van der Waals surface area (Å²) in [5.74, 6) is -2.83. The third-order valence-electron chi connectivity index (χ3n) is 2.30. The number of alkyl halides is 3. The van der Waals surface area contributed by atoms with Crippen LogP contribution in [0.3, 0.4) is 0 Å². The summed E-state index contributed by atoms with van der Waals surface area (Å²) in [6.07, 6.45) is -5.28. The standard InChI is InChI=1S/C9H12F3N3O3/c1-2-18-8(17)7(13)14-15-5(9(10,11)12)3-4-6(15)16/h5H,2-4H2,1H3,(H2,13,14). The molecule has 18 heavy (non-hydrogen) atoms. The van der Waals surface area contributed by atoms with E-state index in [1.165, 1.54) is 6.92 Å². The fourth-order valence-corrected chi connectivity index (χ4v) is 1.50. The van der Waals surface area contributed by atoms with Gasteiger partial charge in [0.15, 0.2) is 0 Å². The maximum absolute atomic E-state index is 12.6. The molecule has 1 atom stereocenters. The van der Waals surface area contributed by atoms with Crippen molar-refractivity contribution in [1.82, 2.24) is 10.4 Å². The van der Waals surface area contributed by atoms with E-state index in [1.54, 1.807) is 0 Å². The third kappa shape index (κ3) is 3.11. The Labute approximate surface area is 101 Å². The van der Waals surface area contributed by atoms with Crippen LogP contribution in [0.15, 0.2) is 0 Å². The second kappa shape index (κ2) is 5.23. The Kier molecular flexibility index (Phi) is 4.15. The molecule has 0 aliphatic carbocycles. The largest absolute Gasteiger partial charge is 0.460 e. The molecule has 6 nitrogen and oxygen atoms in total. The number of ether oxygens (including phenoxy) is 1. The van der Waals surface area contributed by atoms with Gasteiger partial charge in [-0.3, -0.25) is 15.6 Å². The Hall–Kier alpha value is -1.80. The number of carbonyl (C=O) groups excluding carboxylic acids is 2. The van der Waals surface area contributed by atoms with E-state index >= 15 is 0 Å². The molecule has 0 saturated carbocycles. The summed E-state index contributed by atoms with van der Waals surface area (Å²) < 4.78 is 42.1. The molecule has 0 aromatic rings. The number of carbonyl (C=O) groups is 2. The number of rotatable bonds is 2. The zero-order valence-electron chi connectivity index (χ0n) is 9.50. The Balaban J connectivity index is 2.72. The lowest BCUT2D eigenvalue weighted by Crippen LogP contribution is -2.54. The second-order valence-corrected chi connectivity index (χ2v) is 3.57. The van der Waals surface area contributed by atoms with Crippen LogP contribution in [-0.4, -0.2) is 41.5 Å². The van der Waals surface area contributed by atoms with Gasteiger partial charge in [0.2, 0.25) is 11.7 Å². The Morgan fingerprint density at radius 3 is 2.72 bits per heavy atom. The van der Waals surface area contributed by atoms with Crippen LogP contribution >= 0.6 is 0 Å². The van der Waals surface area contributed by atoms with Crippen molar-refractivity contribution in [3.05, 3.63) is 0 Å². The smallest absolute Gasteiger partial charge is 0.410 e. The molecule has 1 fully saturated rings. The summed E-state index contributed by atoms with van der Waals surface area (Å²) in [6.45, 7) is 1.48. The molecule has 0 spiro atoms. The first-order valence-electron chi connectivity index (χ1n) is 5.18. The first-order chi connectivity index (χ1) is 8.27. The molecule has 1 heterocycles. The van der Waals surface area contributed by atoms with E-state index in [0.29, 0.717) is 0 Å². The van der Waals surface area contributed by atoms with Crippen LogP contribution in [0.25, 0.3) is 0 Å². The maximum Gasteiger partial charge on any atom is 0.410 e. The van der Waals surface area contributed by atoms with Gasteiger partial charge in [-0.15, -0.1) is 0 Å². The summed E-state index contributed by atoms with van der Waals surface area (Å²) in [5.41, 5.74) is 1.84. The Morgan fingerprint density at radius 1 is 1.61 bits per heavy atom. The van der Waals surface area contributed by atoms with E-state index in [-0.39, 0.29) is 18.0 Å². The predicted octanol–water partition coefficient (Wildman–Crippen LogP) is 0.585. The number of hydrogen-bond donors (Lipinski definition) is 2. The Morgan fingerprint density at radius 2 is 2.22 bits per heavy atom. The van der Waals surface area contributed by atoms with Crippen LogP contribution in [0, 0.1) is 5.41 Å². The van der Waals surface area contributed by atoms with Gasteiger partial charge in [0, 0.05) is 6.42 Å². The lowest BCUT2D eigenvalue weighted by Gasteiger charge is -2.27. The molecular weight excluding hydrogens is 255 g/mol. The zero-order valence-corrected chi connectivity index (χ0v) is 9.50. The fourth-order valence-electron chi connectivity index (χ4n) is 1.50. The molecule has 2 N–H and O–H groups in total. The molecular formula is C9H12F3N3O3. The van der Waals surface area contributed by atoms with Gasteiger partial charge in [-0.1, -0.05) is 0 Å². The van der Waals surface area contributed by atoms with Crippen LogP contribution in [0.4, 0.5) is 13.2 Å². The van der Waals surface area contributed by atoms with Gasteiger partial charge < -0.3 is 4.74 Å². The zero-order chi connectivity index (χ0) is 13.9. The van der Waals surface area contributed by atoms with Crippen LogP contribution in [0.2, 0.25) is 0 Å². The predicted molar refractivity (Wildman–Crippen MR) is 53.4 cm³/mol. The van der Waals surface area contributed by atoms with Gasteiger partial charge in [0.1, 0.15) is 6.04 Å². The topological polar surface area (TPSA) is 82.5 Å². The van der Waals surface area contributed by atoms with Crippen molar-refractivity contribution >= 4 is 17.7 Å². The Bertz CT molecular complexity index is 370. The maximum atomic E-state index is 12.6. The molecule has 0 radical (unpaired) electrons. The molecule has 1 amide bonds. The third-order valence-corrected chi connectivity index (χ3v) is 2.30. The fraction of sp³-hybridized carbons (Fsp3) is 0.667. The molecule has 0 aromatic carbocycles. The van der Waals surface area contributed by atoms with Gasteiger partial charge in [0.05, 0.1) is 6.61 Å². The normalized spacial score (nSPS) is 19.9. The lowest BCUT2D eigenvalue weighted by molar-refractivity contribution is -0.184. The lowest BCUT2D eigenvalue weighted by atomic mass is 10.2. The molecule has 102 valence electrons. The first-order valence-corrected chi connectivity index (χ1v) is 5.18. The van der Waals surface area contributed by atoms with E-state index in [9.17, 15) is 22.8 Å². The number of hydrazine groups is 1. The van der Waals surface area contributed by atoms with Crippen LogP contribution in [0.5, 0.6) is 0 Å². The average molecular weight is 267 g/mol. The van der Waals surface area contributed by atoms with Gasteiger partial charge in [-0.25, -0.2) is 9.80 Å². The second-order valence-electron chi connectivity index (χ2n) is 3.57. The van der Waals surface area contributed by atoms with Crippen LogP contribution in [0.1, 0.15) is 19.8 Å². The number of esters is 1. The first kappa shape index (κ1) is 14.3. The van der Waals surface area contributed by atoms with E-state index in [2.05, 4.69) is 4.74 Å². The van der Waals surface area contributed by atoms with Gasteiger partial charge in [0.25, 0.3) is 0 Å². The number of amidine groups is 1. The highest BCUT2D eigenvalue weighted by Crippen LogP contribution is 2.31. The van der Waals surface area contributed by atoms with Crippen molar-refractivity contribution in [2.45, 2.75) is 32.0 Å². The van der Waals surface area contributed by atoms with Crippen molar-refractivity contribution in [2.75, 3.05) is 6.61 Å². The summed E-state index contributed by atoms with van der Waals surface area (Å²) in [4.78, 5) is 22.3. The highest BCUT2D eigenvalue weighted by atomic mass is 19.4. The average Bonchev–Trinajstić information content (AvgIpc) is 2.60. The molecule has 0 aromatic heterocycles. The quantitative estimate of drug-likeness (QED) is 0.435. The molecule has 1 aliphatic heterocycles. The number of nitrogens with one attached hydrogen (secondary N) is 2. The molecule has 1 aliphatic rings. The van der Waals surface area contributed by atoms with Gasteiger partial charge in [-0.05, 0) is 13.3 Å². The van der Waals surface area contributed by atoms with E-state index in [1.807, 2.05) is 5.43 Å². The number of halogens is 3. The van der Waals surface area contributed by atoms with Crippen molar-refractivity contribution < 1.29 is 27.5 Å². The summed E-state index contributed by atoms with van der Waals surface area (Å²) in [6, 6.07) is -2.03. The van der Waals surface area contributed by atoms with Crippen molar-refractivity contribution in [3.63, 3.8) is 0 Å². The van der Waals surface area contributed by atoms with Crippen molar-refractivity contribution in [3.8, 4) is 0 Å². The summed E-state index contributed by atoms with van der Waals surface area (Å²) >= 11 is 0. The molecule has 0 bridgehead atoms. The number of nitrogens with zero attached hydrogens (tertiary/aromatic N) is 1. The SMILES string of the molecule is CCOC(=O)C(=N)NN1C(=O)CCC1C(F)(F)F. The minimum atomic E-state index is -4.60. The highest BCUT2D eigenvalue weighted by molar-refractivity contribution is 6.34. The summed E-state index contributed by atoms with van der Waals surface area (Å²) in [7, 11) is 0. The molecule has 1 unspecified atom stereocenters. The van der Waals surface area contributed by atoms with E-state index in [0.717, 1.165) is 0 Å². The van der Waals surface area contributed by atoms with E-state index < -0.39 is 36.4 Å². The van der Waals surface area contributed by atoms with Gasteiger partial charge >= 0.3 is 12.1 Å².